The molecule has 2 aromatic carbocycles. The summed E-state index contributed by atoms with van der Waals surface area (Å²) in [4.78, 5) is 0. The van der Waals surface area contributed by atoms with Crippen LogP contribution in [0.1, 0.15) is 25.3 Å². The Morgan fingerprint density at radius 1 is 0.905 bits per heavy atom. The first-order valence-corrected chi connectivity index (χ1v) is 6.93. The van der Waals surface area contributed by atoms with Gasteiger partial charge in [0.15, 0.2) is 0 Å². The number of anilines is 1. The van der Waals surface area contributed by atoms with Crippen molar-refractivity contribution in [3.8, 4) is 22.9 Å². The minimum atomic E-state index is 0.477. The van der Waals surface area contributed by atoms with Gasteiger partial charge in [0, 0.05) is 16.8 Å². The van der Waals surface area contributed by atoms with Gasteiger partial charge in [-0.1, -0.05) is 32.0 Å². The average Bonchev–Trinajstić information content (AvgIpc) is 2.97. The highest BCUT2D eigenvalue weighted by atomic mass is 16.4. The molecule has 3 rings (SSSR count). The molecule has 0 amide bonds. The van der Waals surface area contributed by atoms with E-state index < -0.39 is 0 Å². The van der Waals surface area contributed by atoms with Crippen molar-refractivity contribution < 1.29 is 4.42 Å². The van der Waals surface area contributed by atoms with Gasteiger partial charge in [0.05, 0.1) is 0 Å². The summed E-state index contributed by atoms with van der Waals surface area (Å²) in [5.41, 5.74) is 9.47. The maximum Gasteiger partial charge on any atom is 0.248 e. The number of rotatable bonds is 3. The van der Waals surface area contributed by atoms with Crippen molar-refractivity contribution in [3.63, 3.8) is 0 Å². The van der Waals surface area contributed by atoms with E-state index in [0.717, 1.165) is 11.1 Å². The third-order valence-corrected chi connectivity index (χ3v) is 3.38. The summed E-state index contributed by atoms with van der Waals surface area (Å²) in [5, 5.41) is 8.20. The van der Waals surface area contributed by atoms with Gasteiger partial charge in [-0.25, -0.2) is 0 Å². The fraction of sp³-hybridized carbons (Fsp3) is 0.176. The van der Waals surface area contributed by atoms with Crippen molar-refractivity contribution in [2.24, 2.45) is 0 Å². The molecule has 0 radical (unpaired) electrons. The van der Waals surface area contributed by atoms with Crippen LogP contribution in [0.3, 0.4) is 0 Å². The second-order valence-electron chi connectivity index (χ2n) is 5.31. The Morgan fingerprint density at radius 3 is 2.19 bits per heavy atom. The van der Waals surface area contributed by atoms with Crippen LogP contribution in [0, 0.1) is 0 Å². The molecule has 0 aliphatic rings. The van der Waals surface area contributed by atoms with E-state index >= 15 is 0 Å². The molecule has 21 heavy (non-hydrogen) atoms. The van der Waals surface area contributed by atoms with E-state index in [2.05, 4.69) is 36.2 Å². The average molecular weight is 279 g/mol. The topological polar surface area (TPSA) is 64.9 Å². The summed E-state index contributed by atoms with van der Waals surface area (Å²) >= 11 is 0. The highest BCUT2D eigenvalue weighted by molar-refractivity contribution is 5.61. The summed E-state index contributed by atoms with van der Waals surface area (Å²) in [6.07, 6.45) is 0. The molecule has 0 aliphatic heterocycles. The van der Waals surface area contributed by atoms with E-state index in [0.29, 0.717) is 23.4 Å². The van der Waals surface area contributed by atoms with Crippen LogP contribution in [0.15, 0.2) is 52.9 Å². The van der Waals surface area contributed by atoms with Crippen LogP contribution in [0.4, 0.5) is 5.69 Å². The van der Waals surface area contributed by atoms with Gasteiger partial charge in [-0.2, -0.15) is 0 Å². The molecule has 0 spiro atoms. The van der Waals surface area contributed by atoms with Gasteiger partial charge in [-0.05, 0) is 41.8 Å². The molecular weight excluding hydrogens is 262 g/mol. The number of nitrogen functional groups attached to an aromatic ring is 1. The quantitative estimate of drug-likeness (QED) is 0.733. The van der Waals surface area contributed by atoms with Gasteiger partial charge in [-0.15, -0.1) is 10.2 Å². The van der Waals surface area contributed by atoms with Gasteiger partial charge >= 0.3 is 0 Å². The highest BCUT2D eigenvalue weighted by Crippen LogP contribution is 2.26. The molecule has 1 heterocycles. The molecule has 0 atom stereocenters. The zero-order valence-corrected chi connectivity index (χ0v) is 12.1. The van der Waals surface area contributed by atoms with E-state index in [1.807, 2.05) is 36.4 Å². The third-order valence-electron chi connectivity index (χ3n) is 3.38. The first-order chi connectivity index (χ1) is 10.1. The number of hydrogen-bond donors (Lipinski definition) is 1. The van der Waals surface area contributed by atoms with Crippen LogP contribution in [0.2, 0.25) is 0 Å². The Hall–Kier alpha value is -2.62. The molecule has 2 N–H and O–H groups in total. The monoisotopic (exact) mass is 279 g/mol. The van der Waals surface area contributed by atoms with E-state index in [1.54, 1.807) is 0 Å². The molecule has 0 saturated heterocycles. The number of hydrogen-bond acceptors (Lipinski definition) is 4. The number of benzene rings is 2. The SMILES string of the molecule is CC(C)c1ccc(-c2nnc(-c3cccc(N)c3)o2)cc1. The Morgan fingerprint density at radius 2 is 1.57 bits per heavy atom. The molecule has 0 fully saturated rings. The Labute approximate surface area is 123 Å². The number of aromatic nitrogens is 2. The summed E-state index contributed by atoms with van der Waals surface area (Å²) in [7, 11) is 0. The molecule has 0 bridgehead atoms. The van der Waals surface area contributed by atoms with Crippen LogP contribution in [0.5, 0.6) is 0 Å². The number of nitrogens with zero attached hydrogens (tertiary/aromatic N) is 2. The molecule has 0 unspecified atom stereocenters. The molecule has 0 saturated carbocycles. The second kappa shape index (κ2) is 5.40. The van der Waals surface area contributed by atoms with E-state index in [4.69, 9.17) is 10.2 Å². The normalized spacial score (nSPS) is 11.0. The predicted octanol–water partition coefficient (Wildman–Crippen LogP) is 4.11. The van der Waals surface area contributed by atoms with Gasteiger partial charge in [0.1, 0.15) is 0 Å². The van der Waals surface area contributed by atoms with Crippen LogP contribution in [-0.2, 0) is 0 Å². The van der Waals surface area contributed by atoms with E-state index in [9.17, 15) is 0 Å². The van der Waals surface area contributed by atoms with Crippen molar-refractivity contribution >= 4 is 5.69 Å². The van der Waals surface area contributed by atoms with Crippen LogP contribution in [-0.4, -0.2) is 10.2 Å². The fourth-order valence-corrected chi connectivity index (χ4v) is 2.14. The maximum absolute atomic E-state index is 5.77. The third kappa shape index (κ3) is 2.79. The second-order valence-corrected chi connectivity index (χ2v) is 5.31. The van der Waals surface area contributed by atoms with Crippen LogP contribution >= 0.6 is 0 Å². The lowest BCUT2D eigenvalue weighted by Gasteiger charge is -2.04. The van der Waals surface area contributed by atoms with Gasteiger partial charge in [-0.3, -0.25) is 0 Å². The van der Waals surface area contributed by atoms with Crippen LogP contribution < -0.4 is 5.73 Å². The van der Waals surface area contributed by atoms with Crippen LogP contribution in [0.25, 0.3) is 22.9 Å². The van der Waals surface area contributed by atoms with Crippen molar-refractivity contribution in [2.45, 2.75) is 19.8 Å². The highest BCUT2D eigenvalue weighted by Gasteiger charge is 2.11. The minimum absolute atomic E-state index is 0.477. The Bertz CT molecular complexity index is 745. The largest absolute Gasteiger partial charge is 0.416 e. The molecular formula is C17H17N3O. The molecule has 4 nitrogen and oxygen atoms in total. The molecule has 3 aromatic rings. The first kappa shape index (κ1) is 13.4. The lowest BCUT2D eigenvalue weighted by atomic mass is 10.0. The predicted molar refractivity (Wildman–Crippen MR) is 83.7 cm³/mol. The Balaban J connectivity index is 1.91. The van der Waals surface area contributed by atoms with Crippen molar-refractivity contribution in [3.05, 3.63) is 54.1 Å². The van der Waals surface area contributed by atoms with Gasteiger partial charge < -0.3 is 10.2 Å². The zero-order chi connectivity index (χ0) is 14.8. The number of nitrogens with two attached hydrogens (primary N) is 1. The summed E-state index contributed by atoms with van der Waals surface area (Å²) < 4.78 is 5.73. The van der Waals surface area contributed by atoms with Crippen molar-refractivity contribution in [1.29, 1.82) is 0 Å². The summed E-state index contributed by atoms with van der Waals surface area (Å²) in [5.74, 6) is 1.50. The fourth-order valence-electron chi connectivity index (χ4n) is 2.14. The van der Waals surface area contributed by atoms with Gasteiger partial charge in [0.25, 0.3) is 0 Å². The van der Waals surface area contributed by atoms with E-state index in [-0.39, 0.29) is 0 Å². The maximum atomic E-state index is 5.77. The standard InChI is InChI=1S/C17H17N3O/c1-11(2)12-6-8-13(9-7-12)16-19-20-17(21-16)14-4-3-5-15(18)10-14/h3-11H,18H2,1-2H3. The molecule has 0 aliphatic carbocycles. The smallest absolute Gasteiger partial charge is 0.248 e. The molecule has 4 heteroatoms. The molecule has 106 valence electrons. The van der Waals surface area contributed by atoms with Crippen molar-refractivity contribution in [1.82, 2.24) is 10.2 Å². The van der Waals surface area contributed by atoms with E-state index in [1.165, 1.54) is 5.56 Å². The minimum Gasteiger partial charge on any atom is -0.416 e. The first-order valence-electron chi connectivity index (χ1n) is 6.93. The summed E-state index contributed by atoms with van der Waals surface area (Å²) in [6.45, 7) is 4.33. The van der Waals surface area contributed by atoms with Crippen molar-refractivity contribution in [2.75, 3.05) is 5.73 Å². The lowest BCUT2D eigenvalue weighted by Crippen LogP contribution is -1.86. The lowest BCUT2D eigenvalue weighted by molar-refractivity contribution is 0.584. The van der Waals surface area contributed by atoms with Gasteiger partial charge in [0.2, 0.25) is 11.8 Å². The Kier molecular flexibility index (Phi) is 3.44. The summed E-state index contributed by atoms with van der Waals surface area (Å²) in [6, 6.07) is 15.6. The molecule has 1 aromatic heterocycles. The zero-order valence-electron chi connectivity index (χ0n) is 12.1.